The zero-order valence-electron chi connectivity index (χ0n) is 9.98. The molecule has 0 saturated heterocycles. The molecule has 0 bridgehead atoms. The van der Waals surface area contributed by atoms with Crippen molar-refractivity contribution in [1.29, 1.82) is 0 Å². The molecule has 2 rings (SSSR count). The van der Waals surface area contributed by atoms with Crippen molar-refractivity contribution in [1.82, 2.24) is 0 Å². The van der Waals surface area contributed by atoms with E-state index in [4.69, 9.17) is 16.3 Å². The Labute approximate surface area is 127 Å². The fourth-order valence-electron chi connectivity index (χ4n) is 1.62. The summed E-state index contributed by atoms with van der Waals surface area (Å²) in [5, 5.41) is 11.0. The normalized spacial score (nSPS) is 10.3. The molecule has 0 aromatic heterocycles. The number of nitrogens with zero attached hydrogens (tertiary/aromatic N) is 1. The van der Waals surface area contributed by atoms with E-state index in [1.54, 1.807) is 6.07 Å². The molecule has 0 aliphatic rings. The van der Waals surface area contributed by atoms with Crippen molar-refractivity contribution in [3.8, 4) is 11.5 Å². The number of halogens is 3. The van der Waals surface area contributed by atoms with Gasteiger partial charge in [0.2, 0.25) is 5.75 Å². The molecule has 0 spiro atoms. The van der Waals surface area contributed by atoms with Gasteiger partial charge in [-0.2, -0.15) is 0 Å². The van der Waals surface area contributed by atoms with Crippen LogP contribution in [0, 0.1) is 15.9 Å². The number of rotatable bonds is 4. The summed E-state index contributed by atoms with van der Waals surface area (Å²) in [7, 11) is 0. The summed E-state index contributed by atoms with van der Waals surface area (Å²) in [5.41, 5.74) is -0.0663. The molecule has 4 nitrogen and oxygen atoms in total. The molecule has 20 heavy (non-hydrogen) atoms. The highest BCUT2D eigenvalue weighted by atomic mass is 79.9. The molecule has 0 aliphatic heterocycles. The highest BCUT2D eigenvalue weighted by molar-refractivity contribution is 9.10. The van der Waals surface area contributed by atoms with Crippen LogP contribution in [0.25, 0.3) is 0 Å². The van der Waals surface area contributed by atoms with Gasteiger partial charge in [0, 0.05) is 11.6 Å². The fraction of sp³-hybridized carbons (Fsp3) is 0.0769. The summed E-state index contributed by atoms with van der Waals surface area (Å²) in [6.45, 7) is 0. The van der Waals surface area contributed by atoms with Crippen molar-refractivity contribution in [2.45, 2.75) is 5.88 Å². The molecule has 0 fully saturated rings. The summed E-state index contributed by atoms with van der Waals surface area (Å²) in [6.07, 6.45) is 0. The van der Waals surface area contributed by atoms with E-state index in [-0.39, 0.29) is 28.6 Å². The Morgan fingerprint density at radius 2 is 2.00 bits per heavy atom. The minimum atomic E-state index is -0.570. The first-order valence-electron chi connectivity index (χ1n) is 5.48. The number of hydrogen-bond acceptors (Lipinski definition) is 3. The average molecular weight is 361 g/mol. The lowest BCUT2D eigenvalue weighted by Crippen LogP contribution is -1.97. The lowest BCUT2D eigenvalue weighted by molar-refractivity contribution is -0.385. The highest BCUT2D eigenvalue weighted by Crippen LogP contribution is 2.39. The topological polar surface area (TPSA) is 52.4 Å². The van der Waals surface area contributed by atoms with Crippen LogP contribution in [0.15, 0.2) is 40.9 Å². The Morgan fingerprint density at radius 1 is 1.30 bits per heavy atom. The van der Waals surface area contributed by atoms with Gasteiger partial charge in [-0.05, 0) is 34.1 Å². The van der Waals surface area contributed by atoms with Crippen molar-refractivity contribution < 1.29 is 14.1 Å². The second-order valence-electron chi connectivity index (χ2n) is 3.80. The van der Waals surface area contributed by atoms with E-state index in [0.29, 0.717) is 4.47 Å². The Balaban J connectivity index is 2.50. The lowest BCUT2D eigenvalue weighted by atomic mass is 10.2. The Kier molecular flexibility index (Phi) is 4.57. The third-order valence-corrected chi connectivity index (χ3v) is 3.46. The molecule has 0 amide bonds. The van der Waals surface area contributed by atoms with E-state index >= 15 is 0 Å². The number of hydrogen-bond donors (Lipinski definition) is 0. The van der Waals surface area contributed by atoms with Gasteiger partial charge in [0.25, 0.3) is 0 Å². The van der Waals surface area contributed by atoms with Crippen molar-refractivity contribution >= 4 is 33.2 Å². The van der Waals surface area contributed by atoms with Crippen molar-refractivity contribution in [2.75, 3.05) is 0 Å². The zero-order chi connectivity index (χ0) is 14.7. The first kappa shape index (κ1) is 14.7. The molecule has 0 saturated carbocycles. The maximum absolute atomic E-state index is 13.6. The lowest BCUT2D eigenvalue weighted by Gasteiger charge is -2.11. The number of nitro benzene ring substituents is 1. The molecule has 0 N–H and O–H groups in total. The predicted octanol–water partition coefficient (Wildman–Crippen LogP) is 5.03. The zero-order valence-corrected chi connectivity index (χ0v) is 12.3. The maximum Gasteiger partial charge on any atom is 0.312 e. The van der Waals surface area contributed by atoms with Crippen LogP contribution < -0.4 is 4.74 Å². The van der Waals surface area contributed by atoms with Crippen LogP contribution >= 0.6 is 27.5 Å². The molecule has 0 atom stereocenters. The summed E-state index contributed by atoms with van der Waals surface area (Å²) in [5.74, 6) is -0.461. The summed E-state index contributed by atoms with van der Waals surface area (Å²) >= 11 is 8.86. The molecular weight excluding hydrogens is 353 g/mol. The van der Waals surface area contributed by atoms with Crippen LogP contribution in [0.2, 0.25) is 0 Å². The number of benzene rings is 2. The average Bonchev–Trinajstić information content (AvgIpc) is 2.41. The Hall–Kier alpha value is -1.66. The van der Waals surface area contributed by atoms with Crippen molar-refractivity contribution in [3.05, 3.63) is 62.4 Å². The van der Waals surface area contributed by atoms with Crippen LogP contribution in [0.5, 0.6) is 11.5 Å². The van der Waals surface area contributed by atoms with Gasteiger partial charge >= 0.3 is 5.69 Å². The summed E-state index contributed by atoms with van der Waals surface area (Å²) in [4.78, 5) is 10.4. The van der Waals surface area contributed by atoms with Crippen LogP contribution in [0.4, 0.5) is 10.1 Å². The molecule has 0 aliphatic carbocycles. The smallest absolute Gasteiger partial charge is 0.312 e. The summed E-state index contributed by atoms with van der Waals surface area (Å²) in [6, 6.07) is 8.62. The quantitative estimate of drug-likeness (QED) is 0.436. The molecule has 104 valence electrons. The number of alkyl halides is 1. The van der Waals surface area contributed by atoms with Gasteiger partial charge in [-0.15, -0.1) is 11.6 Å². The van der Waals surface area contributed by atoms with Gasteiger partial charge in [-0.1, -0.05) is 12.1 Å². The molecule has 0 unspecified atom stereocenters. The van der Waals surface area contributed by atoms with Crippen LogP contribution in [-0.4, -0.2) is 4.92 Å². The van der Waals surface area contributed by atoms with E-state index in [2.05, 4.69) is 15.9 Å². The van der Waals surface area contributed by atoms with E-state index in [9.17, 15) is 14.5 Å². The highest BCUT2D eigenvalue weighted by Gasteiger charge is 2.20. The molecule has 0 radical (unpaired) electrons. The van der Waals surface area contributed by atoms with Crippen LogP contribution in [-0.2, 0) is 5.88 Å². The van der Waals surface area contributed by atoms with Gasteiger partial charge in [-0.25, -0.2) is 4.39 Å². The fourth-order valence-corrected chi connectivity index (χ4v) is 2.31. The SMILES string of the molecule is O=[N+]([O-])c1cccc(Br)c1Oc1cccc(F)c1CCl. The number of ether oxygens (including phenoxy) is 1. The van der Waals surface area contributed by atoms with E-state index in [1.165, 1.54) is 30.3 Å². The van der Waals surface area contributed by atoms with Crippen LogP contribution in [0.3, 0.4) is 0 Å². The van der Waals surface area contributed by atoms with Crippen molar-refractivity contribution in [2.24, 2.45) is 0 Å². The minimum Gasteiger partial charge on any atom is -0.448 e. The van der Waals surface area contributed by atoms with E-state index in [1.807, 2.05) is 0 Å². The third-order valence-electron chi connectivity index (χ3n) is 2.56. The molecular formula is C13H8BrClFNO3. The van der Waals surface area contributed by atoms with Gasteiger partial charge in [0.15, 0.2) is 0 Å². The van der Waals surface area contributed by atoms with Crippen molar-refractivity contribution in [3.63, 3.8) is 0 Å². The largest absolute Gasteiger partial charge is 0.448 e. The minimum absolute atomic E-state index is 0.00877. The Bertz CT molecular complexity index is 666. The monoisotopic (exact) mass is 359 g/mol. The predicted molar refractivity (Wildman–Crippen MR) is 76.8 cm³/mol. The molecule has 7 heteroatoms. The first-order valence-corrected chi connectivity index (χ1v) is 6.81. The number of para-hydroxylation sites is 1. The van der Waals surface area contributed by atoms with E-state index < -0.39 is 10.7 Å². The summed E-state index contributed by atoms with van der Waals surface area (Å²) < 4.78 is 19.5. The third kappa shape index (κ3) is 2.91. The second-order valence-corrected chi connectivity index (χ2v) is 4.92. The van der Waals surface area contributed by atoms with Gasteiger partial charge in [0.05, 0.1) is 15.3 Å². The maximum atomic E-state index is 13.6. The first-order chi connectivity index (χ1) is 9.54. The Morgan fingerprint density at radius 3 is 2.65 bits per heavy atom. The van der Waals surface area contributed by atoms with E-state index in [0.717, 1.165) is 0 Å². The molecule has 2 aromatic rings. The molecule has 2 aromatic carbocycles. The van der Waals surface area contributed by atoms with Gasteiger partial charge < -0.3 is 4.74 Å². The second kappa shape index (κ2) is 6.19. The number of nitro groups is 1. The van der Waals surface area contributed by atoms with Crippen LogP contribution in [0.1, 0.15) is 5.56 Å². The molecule has 0 heterocycles. The van der Waals surface area contributed by atoms with Gasteiger partial charge in [-0.3, -0.25) is 10.1 Å². The standard InChI is InChI=1S/C13H8BrClFNO3/c14-9-3-1-5-11(17(18)19)13(9)20-12-6-2-4-10(16)8(12)7-15/h1-6H,7H2. The van der Waals surface area contributed by atoms with Gasteiger partial charge in [0.1, 0.15) is 11.6 Å².